The van der Waals surface area contributed by atoms with E-state index in [1.54, 1.807) is 13.2 Å². The quantitative estimate of drug-likeness (QED) is 0.478. The number of fused-ring (bicyclic) bond motifs is 1. The Bertz CT molecular complexity index is 1140. The highest BCUT2D eigenvalue weighted by Crippen LogP contribution is 2.26. The highest BCUT2D eigenvalue weighted by molar-refractivity contribution is 7.13. The summed E-state index contributed by atoms with van der Waals surface area (Å²) in [6.45, 7) is 0. The molecule has 0 aliphatic heterocycles. The number of hydrogen-bond donors (Lipinski definition) is 0. The third-order valence-electron chi connectivity index (χ3n) is 3.90. The van der Waals surface area contributed by atoms with Gasteiger partial charge < -0.3 is 9.26 Å². The largest absolute Gasteiger partial charge is 0.497 e. The fourth-order valence-electron chi connectivity index (χ4n) is 2.61. The lowest BCUT2D eigenvalue weighted by atomic mass is 10.0. The van der Waals surface area contributed by atoms with Crippen LogP contribution in [0.1, 0.15) is 11.5 Å². The number of ether oxygens (including phenoxy) is 1. The number of nitriles is 1. The molecule has 4 aromatic rings. The molecule has 26 heavy (non-hydrogen) atoms. The van der Waals surface area contributed by atoms with Gasteiger partial charge in [-0.15, -0.1) is 11.3 Å². The Labute approximate surface area is 153 Å². The van der Waals surface area contributed by atoms with Crippen LogP contribution in [0.5, 0.6) is 5.75 Å². The summed E-state index contributed by atoms with van der Waals surface area (Å²) in [6, 6.07) is 17.8. The van der Waals surface area contributed by atoms with Gasteiger partial charge in [0.25, 0.3) is 5.89 Å². The van der Waals surface area contributed by atoms with Gasteiger partial charge in [-0.2, -0.15) is 10.2 Å². The van der Waals surface area contributed by atoms with Gasteiger partial charge in [0.1, 0.15) is 17.4 Å². The molecule has 0 aliphatic rings. The SMILES string of the molecule is COc1ccc2cc(/C=C(\C#N)c3nc(-c4cccs4)no3)ccc2c1. The lowest BCUT2D eigenvalue weighted by Gasteiger charge is -2.03. The number of aromatic nitrogens is 2. The van der Waals surface area contributed by atoms with Gasteiger partial charge in [-0.3, -0.25) is 0 Å². The molecule has 0 radical (unpaired) electrons. The normalized spacial score (nSPS) is 11.5. The zero-order valence-electron chi connectivity index (χ0n) is 13.8. The van der Waals surface area contributed by atoms with Crippen molar-refractivity contribution in [3.63, 3.8) is 0 Å². The molecule has 0 unspecified atom stereocenters. The monoisotopic (exact) mass is 359 g/mol. The first-order chi connectivity index (χ1) is 12.8. The molecule has 6 heteroatoms. The molecule has 0 bridgehead atoms. The van der Waals surface area contributed by atoms with Crippen molar-refractivity contribution in [1.29, 1.82) is 5.26 Å². The maximum atomic E-state index is 9.50. The van der Waals surface area contributed by atoms with Crippen molar-refractivity contribution in [1.82, 2.24) is 10.1 Å². The van der Waals surface area contributed by atoms with E-state index in [0.29, 0.717) is 11.4 Å². The Kier molecular flexibility index (Phi) is 4.22. The molecule has 0 N–H and O–H groups in total. The van der Waals surface area contributed by atoms with Crippen molar-refractivity contribution < 1.29 is 9.26 Å². The minimum absolute atomic E-state index is 0.214. The molecule has 2 aromatic heterocycles. The van der Waals surface area contributed by atoms with E-state index < -0.39 is 0 Å². The Morgan fingerprint density at radius 2 is 2.04 bits per heavy atom. The van der Waals surface area contributed by atoms with E-state index in [1.165, 1.54) is 11.3 Å². The maximum absolute atomic E-state index is 9.50. The summed E-state index contributed by atoms with van der Waals surface area (Å²) >= 11 is 1.52. The second kappa shape index (κ2) is 6.82. The van der Waals surface area contributed by atoms with E-state index in [-0.39, 0.29) is 5.89 Å². The third kappa shape index (κ3) is 3.08. The van der Waals surface area contributed by atoms with E-state index in [2.05, 4.69) is 16.2 Å². The summed E-state index contributed by atoms with van der Waals surface area (Å²) in [7, 11) is 1.65. The van der Waals surface area contributed by atoms with Crippen LogP contribution in [-0.2, 0) is 0 Å². The van der Waals surface area contributed by atoms with Crippen molar-refractivity contribution in [2.75, 3.05) is 7.11 Å². The van der Waals surface area contributed by atoms with Gasteiger partial charge in [-0.1, -0.05) is 29.4 Å². The average molecular weight is 359 g/mol. The van der Waals surface area contributed by atoms with E-state index in [0.717, 1.165) is 27.0 Å². The van der Waals surface area contributed by atoms with Crippen LogP contribution >= 0.6 is 11.3 Å². The maximum Gasteiger partial charge on any atom is 0.268 e. The molecule has 0 fully saturated rings. The van der Waals surface area contributed by atoms with Crippen molar-refractivity contribution in [2.24, 2.45) is 0 Å². The zero-order chi connectivity index (χ0) is 17.9. The lowest BCUT2D eigenvalue weighted by Crippen LogP contribution is -1.85. The first kappa shape index (κ1) is 16.1. The summed E-state index contributed by atoms with van der Waals surface area (Å²) < 4.78 is 10.5. The molecule has 2 aromatic carbocycles. The summed E-state index contributed by atoms with van der Waals surface area (Å²) in [4.78, 5) is 5.23. The molecule has 0 amide bonds. The molecule has 0 saturated heterocycles. The lowest BCUT2D eigenvalue weighted by molar-refractivity contribution is 0.409. The molecule has 5 nitrogen and oxygen atoms in total. The first-order valence-corrected chi connectivity index (χ1v) is 8.72. The molecular weight excluding hydrogens is 346 g/mol. The van der Waals surface area contributed by atoms with E-state index in [4.69, 9.17) is 9.26 Å². The predicted molar refractivity (Wildman–Crippen MR) is 102 cm³/mol. The number of thiophene rings is 1. The standard InChI is InChI=1S/C20H13N3O2S/c1-24-17-7-6-14-9-13(4-5-15(14)11-17)10-16(12-21)20-22-19(23-25-20)18-3-2-8-26-18/h2-11H,1H3/b16-10+. The summed E-state index contributed by atoms with van der Waals surface area (Å²) in [5.41, 5.74) is 1.21. The zero-order valence-corrected chi connectivity index (χ0v) is 14.7. The minimum atomic E-state index is 0.214. The topological polar surface area (TPSA) is 71.9 Å². The number of nitrogens with zero attached hydrogens (tertiary/aromatic N) is 3. The molecular formula is C20H13N3O2S. The van der Waals surface area contributed by atoms with Crippen molar-refractivity contribution in [3.8, 4) is 22.5 Å². The highest BCUT2D eigenvalue weighted by atomic mass is 32.1. The van der Waals surface area contributed by atoms with E-state index in [9.17, 15) is 5.26 Å². The van der Waals surface area contributed by atoms with Crippen molar-refractivity contribution in [2.45, 2.75) is 0 Å². The number of rotatable bonds is 4. The fraction of sp³-hybridized carbons (Fsp3) is 0.0500. The smallest absolute Gasteiger partial charge is 0.268 e. The van der Waals surface area contributed by atoms with Gasteiger partial charge in [0, 0.05) is 0 Å². The van der Waals surface area contributed by atoms with Crippen LogP contribution in [0.3, 0.4) is 0 Å². The van der Waals surface area contributed by atoms with Crippen LogP contribution in [0.15, 0.2) is 58.4 Å². The molecule has 2 heterocycles. The Hall–Kier alpha value is -3.43. The van der Waals surface area contributed by atoms with E-state index in [1.807, 2.05) is 53.9 Å². The fourth-order valence-corrected chi connectivity index (χ4v) is 3.26. The predicted octanol–water partition coefficient (Wildman–Crippen LogP) is 5.02. The van der Waals surface area contributed by atoms with Crippen LogP contribution in [0.25, 0.3) is 33.1 Å². The van der Waals surface area contributed by atoms with Crippen LogP contribution in [0.4, 0.5) is 0 Å². The molecule has 4 rings (SSSR count). The molecule has 0 spiro atoms. The van der Waals surface area contributed by atoms with E-state index >= 15 is 0 Å². The van der Waals surface area contributed by atoms with Gasteiger partial charge in [-0.25, -0.2) is 0 Å². The molecule has 0 atom stereocenters. The number of allylic oxidation sites excluding steroid dienone is 1. The average Bonchev–Trinajstić information content (AvgIpc) is 3.37. The second-order valence-corrected chi connectivity index (χ2v) is 6.49. The van der Waals surface area contributed by atoms with Crippen molar-refractivity contribution >= 4 is 33.8 Å². The molecule has 0 saturated carbocycles. The van der Waals surface area contributed by atoms with Crippen LogP contribution in [0, 0.1) is 11.3 Å². The second-order valence-electron chi connectivity index (χ2n) is 5.54. The highest BCUT2D eigenvalue weighted by Gasteiger charge is 2.13. The molecule has 0 aliphatic carbocycles. The van der Waals surface area contributed by atoms with Gasteiger partial charge in [-0.05, 0) is 52.1 Å². The van der Waals surface area contributed by atoms with Crippen LogP contribution in [0.2, 0.25) is 0 Å². The minimum Gasteiger partial charge on any atom is -0.497 e. The number of benzene rings is 2. The number of methoxy groups -OCH3 is 1. The van der Waals surface area contributed by atoms with Gasteiger partial charge >= 0.3 is 0 Å². The first-order valence-electron chi connectivity index (χ1n) is 7.84. The summed E-state index contributed by atoms with van der Waals surface area (Å²) in [6.07, 6.45) is 1.75. The number of hydrogen-bond acceptors (Lipinski definition) is 6. The summed E-state index contributed by atoms with van der Waals surface area (Å²) in [5.74, 6) is 1.51. The Balaban J connectivity index is 1.69. The Morgan fingerprint density at radius 3 is 2.81 bits per heavy atom. The Morgan fingerprint density at radius 1 is 1.19 bits per heavy atom. The van der Waals surface area contributed by atoms with Crippen molar-refractivity contribution in [3.05, 3.63) is 65.4 Å². The third-order valence-corrected chi connectivity index (χ3v) is 4.77. The van der Waals surface area contributed by atoms with Crippen LogP contribution in [-0.4, -0.2) is 17.3 Å². The molecule has 126 valence electrons. The summed E-state index contributed by atoms with van der Waals surface area (Å²) in [5, 5.41) is 17.5. The van der Waals surface area contributed by atoms with Crippen LogP contribution < -0.4 is 4.74 Å². The van der Waals surface area contributed by atoms with Gasteiger partial charge in [0.2, 0.25) is 5.82 Å². The van der Waals surface area contributed by atoms with Gasteiger partial charge in [0.15, 0.2) is 0 Å². The van der Waals surface area contributed by atoms with Gasteiger partial charge in [0.05, 0.1) is 12.0 Å².